The smallest absolute Gasteiger partial charge is 0.293 e. The summed E-state index contributed by atoms with van der Waals surface area (Å²) in [6, 6.07) is 15.1. The molecule has 1 amide bonds. The van der Waals surface area contributed by atoms with Gasteiger partial charge < -0.3 is 10.6 Å². The quantitative estimate of drug-likeness (QED) is 0.338. The monoisotopic (exact) mass is 497 g/mol. The van der Waals surface area contributed by atoms with Gasteiger partial charge in [-0.2, -0.15) is 0 Å². The molecule has 0 fully saturated rings. The summed E-state index contributed by atoms with van der Waals surface area (Å²) in [6.45, 7) is 3.58. The highest BCUT2D eigenvalue weighted by molar-refractivity contribution is 7.89. The minimum atomic E-state index is -3.56. The third kappa shape index (κ3) is 6.00. The van der Waals surface area contributed by atoms with Crippen LogP contribution in [0.25, 0.3) is 0 Å². The highest BCUT2D eigenvalue weighted by Gasteiger charge is 2.21. The molecule has 1 aromatic heterocycles. The zero-order chi connectivity index (χ0) is 25.8. The molecule has 11 heteroatoms. The Balaban J connectivity index is 1.75. The molecule has 35 heavy (non-hydrogen) atoms. The molecule has 2 unspecified atom stereocenters. The van der Waals surface area contributed by atoms with Crippen molar-refractivity contribution >= 4 is 27.3 Å². The lowest BCUT2D eigenvalue weighted by atomic mass is 10.1. The summed E-state index contributed by atoms with van der Waals surface area (Å²) in [5.41, 5.74) is 1.59. The van der Waals surface area contributed by atoms with Crippen LogP contribution in [-0.4, -0.2) is 42.6 Å². The molecule has 0 aliphatic carbocycles. The van der Waals surface area contributed by atoms with Gasteiger partial charge in [-0.1, -0.05) is 18.2 Å². The van der Waals surface area contributed by atoms with E-state index in [0.717, 1.165) is 10.00 Å². The van der Waals surface area contributed by atoms with E-state index in [9.17, 15) is 23.3 Å². The summed E-state index contributed by atoms with van der Waals surface area (Å²) in [7, 11) is -0.657. The minimum absolute atomic E-state index is 0.131. The molecular formula is C24H27N5O5S. The van der Waals surface area contributed by atoms with Crippen molar-refractivity contribution in [2.45, 2.75) is 30.8 Å². The maximum absolute atomic E-state index is 12.8. The molecule has 1 heterocycles. The number of pyridine rings is 1. The normalized spacial score (nSPS) is 13.2. The summed E-state index contributed by atoms with van der Waals surface area (Å²) in [5, 5.41) is 17.6. The van der Waals surface area contributed by atoms with Gasteiger partial charge in [0.1, 0.15) is 5.69 Å². The van der Waals surface area contributed by atoms with Crippen molar-refractivity contribution in [1.82, 2.24) is 14.6 Å². The molecule has 10 nitrogen and oxygen atoms in total. The molecule has 0 radical (unpaired) electrons. The topological polar surface area (TPSA) is 135 Å². The highest BCUT2D eigenvalue weighted by atomic mass is 32.2. The molecule has 2 N–H and O–H groups in total. The zero-order valence-corrected chi connectivity index (χ0v) is 20.6. The van der Waals surface area contributed by atoms with Crippen LogP contribution >= 0.6 is 0 Å². The van der Waals surface area contributed by atoms with Crippen molar-refractivity contribution < 1.29 is 18.1 Å². The number of aromatic nitrogens is 1. The number of nitrogens with one attached hydrogen (secondary N) is 2. The van der Waals surface area contributed by atoms with Crippen LogP contribution in [0.4, 0.5) is 11.4 Å². The Morgan fingerprint density at radius 2 is 1.71 bits per heavy atom. The second-order valence-electron chi connectivity index (χ2n) is 8.16. The van der Waals surface area contributed by atoms with Crippen LogP contribution in [0.3, 0.4) is 0 Å². The fraction of sp³-hybridized carbons (Fsp3) is 0.250. The van der Waals surface area contributed by atoms with Crippen molar-refractivity contribution in [3.05, 3.63) is 93.8 Å². The van der Waals surface area contributed by atoms with Gasteiger partial charge in [0, 0.05) is 31.9 Å². The maximum Gasteiger partial charge on any atom is 0.293 e. The summed E-state index contributed by atoms with van der Waals surface area (Å²) in [5.74, 6) is -0.491. The van der Waals surface area contributed by atoms with Crippen LogP contribution < -0.4 is 10.6 Å². The average Bonchev–Trinajstić information content (AvgIpc) is 2.84. The second kappa shape index (κ2) is 10.6. The van der Waals surface area contributed by atoms with E-state index in [1.165, 1.54) is 44.4 Å². The van der Waals surface area contributed by atoms with Crippen molar-refractivity contribution in [2.75, 3.05) is 19.4 Å². The van der Waals surface area contributed by atoms with Crippen molar-refractivity contribution in [2.24, 2.45) is 0 Å². The number of hydrogen-bond donors (Lipinski definition) is 2. The fourth-order valence-corrected chi connectivity index (χ4v) is 4.29. The summed E-state index contributed by atoms with van der Waals surface area (Å²) in [6.07, 6.45) is 1.64. The van der Waals surface area contributed by atoms with Gasteiger partial charge in [-0.25, -0.2) is 12.7 Å². The number of rotatable bonds is 9. The molecular weight excluding hydrogens is 470 g/mol. The Kier molecular flexibility index (Phi) is 7.82. The number of sulfonamides is 1. The van der Waals surface area contributed by atoms with Gasteiger partial charge in [0.05, 0.1) is 27.6 Å². The molecule has 0 spiro atoms. The second-order valence-corrected chi connectivity index (χ2v) is 10.3. The molecule has 0 saturated heterocycles. The van der Waals surface area contributed by atoms with Crippen molar-refractivity contribution in [3.8, 4) is 0 Å². The van der Waals surface area contributed by atoms with E-state index in [1.54, 1.807) is 31.3 Å². The maximum atomic E-state index is 12.8. The Labute approximate surface area is 204 Å². The van der Waals surface area contributed by atoms with E-state index in [4.69, 9.17) is 0 Å². The number of carbonyl (C=O) groups excluding carboxylic acids is 1. The van der Waals surface area contributed by atoms with E-state index < -0.39 is 26.9 Å². The van der Waals surface area contributed by atoms with Crippen molar-refractivity contribution in [3.63, 3.8) is 0 Å². The number of carbonyl (C=O) groups is 1. The molecule has 3 aromatic rings. The Morgan fingerprint density at radius 3 is 2.29 bits per heavy atom. The summed E-state index contributed by atoms with van der Waals surface area (Å²) >= 11 is 0. The average molecular weight is 498 g/mol. The predicted octanol–water partition coefficient (Wildman–Crippen LogP) is 3.90. The standard InChI is InChI=1S/C24H27N5O5S/c1-16(18-8-11-20(12-9-18)35(33,34)28(3)4)27-24(30)19-10-13-22(23(15-19)29(31)32)26-17(2)21-7-5-6-14-25-21/h5-17,26H,1-4H3,(H,27,30). The van der Waals surface area contributed by atoms with Crippen LogP contribution in [-0.2, 0) is 10.0 Å². The molecule has 0 saturated carbocycles. The Bertz CT molecular complexity index is 1310. The Hall–Kier alpha value is -3.83. The SMILES string of the molecule is CC(NC(=O)c1ccc(NC(C)c2ccccn2)c([N+](=O)[O-])c1)c1ccc(S(=O)(=O)N(C)C)cc1. The van der Waals surface area contributed by atoms with Crippen LogP contribution in [0.2, 0.25) is 0 Å². The first kappa shape index (κ1) is 25.8. The molecule has 2 aromatic carbocycles. The number of amides is 1. The van der Waals surface area contributed by atoms with Gasteiger partial charge in [0.15, 0.2) is 0 Å². The van der Waals surface area contributed by atoms with E-state index in [2.05, 4.69) is 15.6 Å². The lowest BCUT2D eigenvalue weighted by Crippen LogP contribution is -2.27. The number of nitrogens with zero attached hydrogens (tertiary/aromatic N) is 3. The van der Waals surface area contributed by atoms with Crippen molar-refractivity contribution in [1.29, 1.82) is 0 Å². The number of nitro benzene ring substituents is 1. The molecule has 2 atom stereocenters. The summed E-state index contributed by atoms with van der Waals surface area (Å²) in [4.78, 5) is 28.3. The number of benzene rings is 2. The Morgan fingerprint density at radius 1 is 1.03 bits per heavy atom. The molecule has 0 aliphatic rings. The van der Waals surface area contributed by atoms with E-state index >= 15 is 0 Å². The van der Waals surface area contributed by atoms with Gasteiger partial charge >= 0.3 is 0 Å². The summed E-state index contributed by atoms with van der Waals surface area (Å²) < 4.78 is 25.6. The van der Waals surface area contributed by atoms with Gasteiger partial charge in [0.2, 0.25) is 10.0 Å². The minimum Gasteiger partial charge on any atom is -0.371 e. The van der Waals surface area contributed by atoms with Crippen LogP contribution in [0.15, 0.2) is 71.8 Å². The first-order valence-corrected chi connectivity index (χ1v) is 12.2. The molecule has 0 bridgehead atoms. The lowest BCUT2D eigenvalue weighted by Gasteiger charge is -2.17. The first-order chi connectivity index (χ1) is 16.5. The third-order valence-corrected chi connectivity index (χ3v) is 7.30. The molecule has 184 valence electrons. The predicted molar refractivity (Wildman–Crippen MR) is 133 cm³/mol. The lowest BCUT2D eigenvalue weighted by molar-refractivity contribution is -0.384. The molecule has 3 rings (SSSR count). The largest absolute Gasteiger partial charge is 0.371 e. The van der Waals surface area contributed by atoms with Gasteiger partial charge in [-0.05, 0) is 55.8 Å². The van der Waals surface area contributed by atoms with E-state index in [-0.39, 0.29) is 27.9 Å². The van der Waals surface area contributed by atoms with Crippen LogP contribution in [0.5, 0.6) is 0 Å². The number of hydrogen-bond acceptors (Lipinski definition) is 7. The van der Waals surface area contributed by atoms with Gasteiger partial charge in [-0.15, -0.1) is 0 Å². The fourth-order valence-electron chi connectivity index (χ4n) is 3.39. The zero-order valence-electron chi connectivity index (χ0n) is 19.8. The first-order valence-electron chi connectivity index (χ1n) is 10.8. The van der Waals surface area contributed by atoms with Crippen LogP contribution in [0.1, 0.15) is 47.5 Å². The molecule has 0 aliphatic heterocycles. The highest BCUT2D eigenvalue weighted by Crippen LogP contribution is 2.29. The van der Waals surface area contributed by atoms with Gasteiger partial charge in [0.25, 0.3) is 11.6 Å². The van der Waals surface area contributed by atoms with E-state index in [1.807, 2.05) is 19.1 Å². The van der Waals surface area contributed by atoms with E-state index in [0.29, 0.717) is 5.56 Å². The third-order valence-electron chi connectivity index (χ3n) is 5.47. The number of nitro groups is 1. The van der Waals surface area contributed by atoms with Gasteiger partial charge in [-0.3, -0.25) is 19.9 Å². The number of anilines is 1. The van der Waals surface area contributed by atoms with Crippen LogP contribution in [0, 0.1) is 10.1 Å².